The molecule has 2 aliphatic rings. The van der Waals surface area contributed by atoms with Gasteiger partial charge in [0.15, 0.2) is 0 Å². The molecule has 0 aromatic heterocycles. The van der Waals surface area contributed by atoms with E-state index in [0.717, 1.165) is 0 Å². The molecule has 0 unspecified atom stereocenters. The zero-order chi connectivity index (χ0) is 15.2. The van der Waals surface area contributed by atoms with Crippen LogP contribution in [0.2, 0.25) is 0 Å². The second kappa shape index (κ2) is 7.75. The average molecular weight is 296 g/mol. The van der Waals surface area contributed by atoms with Crippen LogP contribution >= 0.6 is 0 Å². The molecule has 120 valence electrons. The number of amides is 2. The Balaban J connectivity index is 1.67. The van der Waals surface area contributed by atoms with Crippen molar-refractivity contribution >= 4 is 11.8 Å². The van der Waals surface area contributed by atoms with Crippen molar-refractivity contribution in [1.82, 2.24) is 20.0 Å². The highest BCUT2D eigenvalue weighted by molar-refractivity contribution is 5.80. The molecule has 1 heterocycles. The maximum Gasteiger partial charge on any atom is 0.236 e. The molecule has 6 heteroatoms. The Morgan fingerprint density at radius 1 is 1.00 bits per heavy atom. The first-order chi connectivity index (χ1) is 10.1. The molecule has 2 amide bonds. The average Bonchev–Trinajstić information content (AvgIpc) is 2.97. The summed E-state index contributed by atoms with van der Waals surface area (Å²) in [5, 5.41) is 3.36. The van der Waals surface area contributed by atoms with Gasteiger partial charge < -0.3 is 20.0 Å². The number of rotatable bonds is 5. The fourth-order valence-electron chi connectivity index (χ4n) is 3.05. The number of hydrogen-bond donors (Lipinski definition) is 1. The minimum atomic E-state index is 0.149. The van der Waals surface area contributed by atoms with E-state index in [1.54, 1.807) is 0 Å². The summed E-state index contributed by atoms with van der Waals surface area (Å²) in [7, 11) is 3.79. The van der Waals surface area contributed by atoms with Gasteiger partial charge in [-0.3, -0.25) is 9.59 Å². The Bertz CT molecular complexity index is 359. The monoisotopic (exact) mass is 296 g/mol. The van der Waals surface area contributed by atoms with E-state index in [-0.39, 0.29) is 11.8 Å². The Kier molecular flexibility index (Phi) is 5.99. The summed E-state index contributed by atoms with van der Waals surface area (Å²) in [5.74, 6) is 0.317. The van der Waals surface area contributed by atoms with Gasteiger partial charge in [0.25, 0.3) is 0 Å². The van der Waals surface area contributed by atoms with Gasteiger partial charge in [-0.25, -0.2) is 0 Å². The fraction of sp³-hybridized carbons (Fsp3) is 0.867. The molecule has 1 aliphatic heterocycles. The topological polar surface area (TPSA) is 55.9 Å². The third kappa shape index (κ3) is 4.97. The highest BCUT2D eigenvalue weighted by Crippen LogP contribution is 2.17. The number of nitrogens with one attached hydrogen (secondary N) is 1. The molecule has 0 atom stereocenters. The van der Waals surface area contributed by atoms with Gasteiger partial charge in [0, 0.05) is 32.2 Å². The molecule has 1 saturated heterocycles. The van der Waals surface area contributed by atoms with Crippen LogP contribution in [0.3, 0.4) is 0 Å². The van der Waals surface area contributed by atoms with E-state index < -0.39 is 0 Å². The molecular formula is C15H28N4O2. The third-order valence-electron chi connectivity index (χ3n) is 4.33. The van der Waals surface area contributed by atoms with Gasteiger partial charge in [-0.1, -0.05) is 12.8 Å². The normalized spacial score (nSPS) is 20.3. The van der Waals surface area contributed by atoms with Crippen molar-refractivity contribution in [3.8, 4) is 0 Å². The third-order valence-corrected chi connectivity index (χ3v) is 4.33. The van der Waals surface area contributed by atoms with Crippen LogP contribution in [0.15, 0.2) is 0 Å². The first-order valence-electron chi connectivity index (χ1n) is 8.00. The molecular weight excluding hydrogens is 268 g/mol. The Morgan fingerprint density at radius 2 is 1.52 bits per heavy atom. The van der Waals surface area contributed by atoms with Crippen molar-refractivity contribution in [3.63, 3.8) is 0 Å². The Morgan fingerprint density at radius 3 is 2.05 bits per heavy atom. The molecule has 0 aromatic carbocycles. The zero-order valence-electron chi connectivity index (χ0n) is 13.3. The number of carbonyl (C=O) groups excluding carboxylic acids is 2. The molecule has 1 saturated carbocycles. The van der Waals surface area contributed by atoms with E-state index in [4.69, 9.17) is 0 Å². The molecule has 21 heavy (non-hydrogen) atoms. The van der Waals surface area contributed by atoms with E-state index in [9.17, 15) is 9.59 Å². The van der Waals surface area contributed by atoms with Gasteiger partial charge in [0.05, 0.1) is 13.1 Å². The summed E-state index contributed by atoms with van der Waals surface area (Å²) in [6, 6.07) is 0.525. The quantitative estimate of drug-likeness (QED) is 0.760. The zero-order valence-corrected chi connectivity index (χ0v) is 13.3. The van der Waals surface area contributed by atoms with Crippen LogP contribution in [-0.4, -0.2) is 85.9 Å². The van der Waals surface area contributed by atoms with Crippen LogP contribution in [0.25, 0.3) is 0 Å². The van der Waals surface area contributed by atoms with E-state index in [2.05, 4.69) is 5.32 Å². The van der Waals surface area contributed by atoms with Gasteiger partial charge in [-0.2, -0.15) is 0 Å². The molecule has 0 aromatic rings. The highest BCUT2D eigenvalue weighted by Gasteiger charge is 2.24. The van der Waals surface area contributed by atoms with Gasteiger partial charge in [0.2, 0.25) is 11.8 Å². The van der Waals surface area contributed by atoms with Crippen molar-refractivity contribution in [3.05, 3.63) is 0 Å². The summed E-state index contributed by atoms with van der Waals surface area (Å²) in [5.41, 5.74) is 0. The molecule has 0 radical (unpaired) electrons. The molecule has 2 fully saturated rings. The maximum absolute atomic E-state index is 12.2. The van der Waals surface area contributed by atoms with Crippen molar-refractivity contribution in [2.75, 3.05) is 53.4 Å². The SMILES string of the molecule is CN(C)CC(=O)N1CCN(C(=O)CNC2CCCC2)CC1. The summed E-state index contributed by atoms with van der Waals surface area (Å²) < 4.78 is 0. The Labute approximate surface area is 127 Å². The fourth-order valence-corrected chi connectivity index (χ4v) is 3.05. The van der Waals surface area contributed by atoms with Gasteiger partial charge in [0.1, 0.15) is 0 Å². The minimum Gasteiger partial charge on any atom is -0.338 e. The first kappa shape index (κ1) is 16.2. The molecule has 6 nitrogen and oxygen atoms in total. The van der Waals surface area contributed by atoms with Gasteiger partial charge in [-0.05, 0) is 26.9 Å². The summed E-state index contributed by atoms with van der Waals surface area (Å²) in [4.78, 5) is 29.7. The lowest BCUT2D eigenvalue weighted by Gasteiger charge is -2.35. The van der Waals surface area contributed by atoms with E-state index in [1.807, 2.05) is 28.8 Å². The lowest BCUT2D eigenvalue weighted by Crippen LogP contribution is -2.54. The molecule has 0 bridgehead atoms. The number of nitrogens with zero attached hydrogens (tertiary/aromatic N) is 3. The predicted octanol–water partition coefficient (Wildman–Crippen LogP) is -0.249. The van der Waals surface area contributed by atoms with Gasteiger partial charge in [-0.15, -0.1) is 0 Å². The van der Waals surface area contributed by atoms with Gasteiger partial charge >= 0.3 is 0 Å². The minimum absolute atomic E-state index is 0.149. The van der Waals surface area contributed by atoms with E-state index in [0.29, 0.717) is 45.3 Å². The number of likely N-dealkylation sites (N-methyl/N-ethyl adjacent to an activating group) is 1. The maximum atomic E-state index is 12.2. The van der Waals surface area contributed by atoms with Crippen LogP contribution in [0, 0.1) is 0 Å². The Hall–Kier alpha value is -1.14. The predicted molar refractivity (Wildman–Crippen MR) is 82.0 cm³/mol. The molecule has 1 aliphatic carbocycles. The van der Waals surface area contributed by atoms with Crippen molar-refractivity contribution in [1.29, 1.82) is 0 Å². The smallest absolute Gasteiger partial charge is 0.236 e. The van der Waals surface area contributed by atoms with E-state index in [1.165, 1.54) is 25.7 Å². The van der Waals surface area contributed by atoms with Crippen molar-refractivity contribution in [2.24, 2.45) is 0 Å². The lowest BCUT2D eigenvalue weighted by molar-refractivity contribution is -0.139. The molecule has 1 N–H and O–H groups in total. The van der Waals surface area contributed by atoms with Crippen LogP contribution < -0.4 is 5.32 Å². The first-order valence-corrected chi connectivity index (χ1v) is 8.00. The van der Waals surface area contributed by atoms with Crippen LogP contribution in [0.5, 0.6) is 0 Å². The largest absolute Gasteiger partial charge is 0.338 e. The highest BCUT2D eigenvalue weighted by atomic mass is 16.2. The second-order valence-corrected chi connectivity index (χ2v) is 6.36. The summed E-state index contributed by atoms with van der Waals surface area (Å²) in [6.07, 6.45) is 4.94. The van der Waals surface area contributed by atoms with Crippen molar-refractivity contribution < 1.29 is 9.59 Å². The van der Waals surface area contributed by atoms with Crippen LogP contribution in [0.4, 0.5) is 0 Å². The van der Waals surface area contributed by atoms with Crippen LogP contribution in [-0.2, 0) is 9.59 Å². The summed E-state index contributed by atoms with van der Waals surface area (Å²) in [6.45, 7) is 3.51. The lowest BCUT2D eigenvalue weighted by atomic mass is 10.2. The van der Waals surface area contributed by atoms with Crippen LogP contribution in [0.1, 0.15) is 25.7 Å². The second-order valence-electron chi connectivity index (χ2n) is 6.36. The van der Waals surface area contributed by atoms with E-state index >= 15 is 0 Å². The number of carbonyl (C=O) groups is 2. The number of hydrogen-bond acceptors (Lipinski definition) is 4. The molecule has 2 rings (SSSR count). The molecule has 0 spiro atoms. The number of piperazine rings is 1. The summed E-state index contributed by atoms with van der Waals surface area (Å²) >= 11 is 0. The van der Waals surface area contributed by atoms with Crippen molar-refractivity contribution in [2.45, 2.75) is 31.7 Å². The standard InChI is InChI=1S/C15H28N4O2/c1-17(2)12-15(21)19-9-7-18(8-10-19)14(20)11-16-13-5-3-4-6-13/h13,16H,3-12H2,1-2H3.